The van der Waals surface area contributed by atoms with Gasteiger partial charge in [-0.1, -0.05) is 6.07 Å². The van der Waals surface area contributed by atoms with Crippen LogP contribution >= 0.6 is 0 Å². The van der Waals surface area contributed by atoms with Crippen LogP contribution in [0.15, 0.2) is 55.2 Å². The summed E-state index contributed by atoms with van der Waals surface area (Å²) in [4.78, 5) is 20.5. The van der Waals surface area contributed by atoms with E-state index in [1.165, 1.54) is 25.3 Å². The molecule has 3 aromatic rings. The fourth-order valence-corrected chi connectivity index (χ4v) is 2.36. The van der Waals surface area contributed by atoms with Crippen molar-refractivity contribution < 1.29 is 23.0 Å². The predicted octanol–water partition coefficient (Wildman–Crippen LogP) is 2.81. The predicted molar refractivity (Wildman–Crippen MR) is 92.2 cm³/mol. The van der Waals surface area contributed by atoms with Crippen LogP contribution in [-0.4, -0.2) is 34.2 Å². The van der Waals surface area contributed by atoms with Gasteiger partial charge in [-0.2, -0.15) is 8.78 Å². The minimum atomic E-state index is -2.98. The van der Waals surface area contributed by atoms with Crippen molar-refractivity contribution in [2.75, 3.05) is 7.11 Å². The first kappa shape index (κ1) is 18.3. The van der Waals surface area contributed by atoms with Gasteiger partial charge in [-0.25, -0.2) is 9.97 Å². The monoisotopic (exact) mass is 374 g/mol. The fourth-order valence-electron chi connectivity index (χ4n) is 2.36. The fraction of sp³-hybridized carbons (Fsp3) is 0.167. The molecule has 27 heavy (non-hydrogen) atoms. The first-order valence-corrected chi connectivity index (χ1v) is 7.91. The van der Waals surface area contributed by atoms with E-state index in [-0.39, 0.29) is 29.5 Å². The van der Waals surface area contributed by atoms with E-state index in [2.05, 4.69) is 20.0 Å². The van der Waals surface area contributed by atoms with Gasteiger partial charge in [0.1, 0.15) is 12.1 Å². The second kappa shape index (κ2) is 8.26. The molecule has 0 aliphatic carbocycles. The van der Waals surface area contributed by atoms with Crippen LogP contribution in [-0.2, 0) is 6.54 Å². The van der Waals surface area contributed by atoms with E-state index in [0.717, 1.165) is 5.56 Å². The molecule has 1 aromatic carbocycles. The Balaban J connectivity index is 1.63. The van der Waals surface area contributed by atoms with Crippen LogP contribution < -0.4 is 14.8 Å². The Morgan fingerprint density at radius 1 is 1.26 bits per heavy atom. The molecule has 0 atom stereocenters. The normalized spacial score (nSPS) is 10.7. The van der Waals surface area contributed by atoms with Crippen LogP contribution in [0, 0.1) is 0 Å². The summed E-state index contributed by atoms with van der Waals surface area (Å²) in [5.74, 6) is 0.246. The SMILES string of the molecule is COc1cc(C(=O)NCc2ccc(-n3ccnc3)nc2)ccc1OC(F)F. The molecule has 140 valence electrons. The zero-order valence-corrected chi connectivity index (χ0v) is 14.3. The van der Waals surface area contributed by atoms with Crippen molar-refractivity contribution in [1.82, 2.24) is 19.9 Å². The molecular formula is C18H16F2N4O3. The summed E-state index contributed by atoms with van der Waals surface area (Å²) in [6.45, 7) is -2.72. The number of ether oxygens (including phenoxy) is 2. The summed E-state index contributed by atoms with van der Waals surface area (Å²) < 4.78 is 35.8. The van der Waals surface area contributed by atoms with Gasteiger partial charge in [0.05, 0.1) is 7.11 Å². The highest BCUT2D eigenvalue weighted by atomic mass is 19.3. The third-order valence-corrected chi connectivity index (χ3v) is 3.67. The first-order valence-electron chi connectivity index (χ1n) is 7.91. The van der Waals surface area contributed by atoms with Gasteiger partial charge in [-0.3, -0.25) is 9.36 Å². The number of rotatable bonds is 7. The standard InChI is InChI=1S/C18H16F2N4O3/c1-26-15-8-13(3-4-14(15)27-18(19)20)17(25)23-10-12-2-5-16(22-9-12)24-7-6-21-11-24/h2-9,11,18H,10H2,1H3,(H,23,25). The lowest BCUT2D eigenvalue weighted by Gasteiger charge is -2.11. The van der Waals surface area contributed by atoms with Crippen LogP contribution in [0.25, 0.3) is 5.82 Å². The quantitative estimate of drug-likeness (QED) is 0.688. The zero-order chi connectivity index (χ0) is 19.2. The van der Waals surface area contributed by atoms with Crippen molar-refractivity contribution in [2.45, 2.75) is 13.2 Å². The number of amides is 1. The van der Waals surface area contributed by atoms with E-state index in [1.807, 2.05) is 12.1 Å². The molecule has 0 saturated heterocycles. The van der Waals surface area contributed by atoms with Gasteiger partial charge >= 0.3 is 6.61 Å². The molecule has 0 saturated carbocycles. The van der Waals surface area contributed by atoms with Crippen molar-refractivity contribution in [3.05, 3.63) is 66.4 Å². The highest BCUT2D eigenvalue weighted by Gasteiger charge is 2.14. The molecule has 0 aliphatic rings. The molecule has 0 aliphatic heterocycles. The number of nitrogens with one attached hydrogen (secondary N) is 1. The maximum Gasteiger partial charge on any atom is 0.387 e. The number of imidazole rings is 1. The summed E-state index contributed by atoms with van der Waals surface area (Å²) in [7, 11) is 1.31. The maximum absolute atomic E-state index is 12.4. The molecule has 2 aromatic heterocycles. The molecular weight excluding hydrogens is 358 g/mol. The molecule has 1 amide bonds. The lowest BCUT2D eigenvalue weighted by Crippen LogP contribution is -2.23. The molecule has 0 spiro atoms. The summed E-state index contributed by atoms with van der Waals surface area (Å²) in [5, 5.41) is 2.74. The van der Waals surface area contributed by atoms with Crippen molar-refractivity contribution in [1.29, 1.82) is 0 Å². The van der Waals surface area contributed by atoms with Gasteiger partial charge in [-0.15, -0.1) is 0 Å². The number of halogens is 2. The highest BCUT2D eigenvalue weighted by Crippen LogP contribution is 2.29. The second-order valence-electron chi connectivity index (χ2n) is 5.42. The van der Waals surface area contributed by atoms with E-state index < -0.39 is 6.61 Å². The van der Waals surface area contributed by atoms with Crippen molar-refractivity contribution in [3.8, 4) is 17.3 Å². The summed E-state index contributed by atoms with van der Waals surface area (Å²) >= 11 is 0. The molecule has 7 nitrogen and oxygen atoms in total. The van der Waals surface area contributed by atoms with Crippen molar-refractivity contribution >= 4 is 5.91 Å². The largest absolute Gasteiger partial charge is 0.493 e. The number of alkyl halides is 2. The van der Waals surface area contributed by atoms with E-state index in [1.54, 1.807) is 29.5 Å². The smallest absolute Gasteiger partial charge is 0.387 e. The molecule has 0 fully saturated rings. The highest BCUT2D eigenvalue weighted by molar-refractivity contribution is 5.94. The Labute approximate surface area is 153 Å². The number of aromatic nitrogens is 3. The molecule has 0 radical (unpaired) electrons. The van der Waals surface area contributed by atoms with E-state index in [0.29, 0.717) is 5.82 Å². The first-order chi connectivity index (χ1) is 13.1. The molecule has 0 unspecified atom stereocenters. The van der Waals surface area contributed by atoms with Crippen LogP contribution in [0.1, 0.15) is 15.9 Å². The molecule has 2 heterocycles. The number of benzene rings is 1. The summed E-state index contributed by atoms with van der Waals surface area (Å²) in [5.41, 5.74) is 1.06. The number of hydrogen-bond donors (Lipinski definition) is 1. The number of pyridine rings is 1. The minimum absolute atomic E-state index is 0.0503. The Morgan fingerprint density at radius 2 is 2.11 bits per heavy atom. The van der Waals surface area contributed by atoms with Gasteiger partial charge in [0.25, 0.3) is 5.91 Å². The Kier molecular flexibility index (Phi) is 5.60. The van der Waals surface area contributed by atoms with E-state index >= 15 is 0 Å². The molecule has 0 bridgehead atoms. The van der Waals surface area contributed by atoms with Crippen LogP contribution in [0.2, 0.25) is 0 Å². The Bertz CT molecular complexity index is 899. The van der Waals surface area contributed by atoms with Crippen molar-refractivity contribution in [3.63, 3.8) is 0 Å². The van der Waals surface area contributed by atoms with Gasteiger partial charge in [-0.05, 0) is 29.8 Å². The van der Waals surface area contributed by atoms with E-state index in [9.17, 15) is 13.6 Å². The van der Waals surface area contributed by atoms with Crippen LogP contribution in [0.4, 0.5) is 8.78 Å². The number of nitrogens with zero attached hydrogens (tertiary/aromatic N) is 3. The van der Waals surface area contributed by atoms with Crippen molar-refractivity contribution in [2.24, 2.45) is 0 Å². The third kappa shape index (κ3) is 4.57. The number of carbonyl (C=O) groups excluding carboxylic acids is 1. The average Bonchev–Trinajstić information content (AvgIpc) is 3.21. The average molecular weight is 374 g/mol. The minimum Gasteiger partial charge on any atom is -0.493 e. The lowest BCUT2D eigenvalue weighted by atomic mass is 10.2. The number of carbonyl (C=O) groups is 1. The van der Waals surface area contributed by atoms with Gasteiger partial charge in [0.15, 0.2) is 11.5 Å². The van der Waals surface area contributed by atoms with Gasteiger partial charge < -0.3 is 14.8 Å². The number of hydrogen-bond acceptors (Lipinski definition) is 5. The summed E-state index contributed by atoms with van der Waals surface area (Å²) in [6.07, 6.45) is 6.72. The summed E-state index contributed by atoms with van der Waals surface area (Å²) in [6, 6.07) is 7.64. The van der Waals surface area contributed by atoms with E-state index in [4.69, 9.17) is 4.74 Å². The topological polar surface area (TPSA) is 78.3 Å². The molecule has 9 heteroatoms. The Hall–Kier alpha value is -3.49. The van der Waals surface area contributed by atoms with Gasteiger partial charge in [0.2, 0.25) is 0 Å². The Morgan fingerprint density at radius 3 is 2.74 bits per heavy atom. The second-order valence-corrected chi connectivity index (χ2v) is 5.42. The molecule has 1 N–H and O–H groups in total. The van der Waals surface area contributed by atoms with Crippen LogP contribution in [0.5, 0.6) is 11.5 Å². The molecule has 3 rings (SSSR count). The maximum atomic E-state index is 12.4. The van der Waals surface area contributed by atoms with Gasteiger partial charge in [0, 0.05) is 30.7 Å². The lowest BCUT2D eigenvalue weighted by molar-refractivity contribution is -0.0512. The number of methoxy groups -OCH3 is 1. The van der Waals surface area contributed by atoms with Crippen LogP contribution in [0.3, 0.4) is 0 Å². The zero-order valence-electron chi connectivity index (χ0n) is 14.3. The third-order valence-electron chi connectivity index (χ3n) is 3.67.